The van der Waals surface area contributed by atoms with Gasteiger partial charge >= 0.3 is 0 Å². The summed E-state index contributed by atoms with van der Waals surface area (Å²) in [7, 11) is 0. The first-order chi connectivity index (χ1) is 15.3. The molecule has 0 saturated carbocycles. The van der Waals surface area contributed by atoms with Gasteiger partial charge in [0.1, 0.15) is 0 Å². The van der Waals surface area contributed by atoms with E-state index in [2.05, 4.69) is 32.7 Å². The van der Waals surface area contributed by atoms with E-state index in [0.29, 0.717) is 18.9 Å². The first-order valence-corrected chi connectivity index (χ1v) is 10.6. The number of nitrogens with one attached hydrogen (secondary N) is 1. The van der Waals surface area contributed by atoms with Crippen LogP contribution in [-0.2, 0) is 18.4 Å². The van der Waals surface area contributed by atoms with Crippen LogP contribution < -0.4 is 5.32 Å². The van der Waals surface area contributed by atoms with Crippen molar-refractivity contribution in [3.8, 4) is 11.1 Å². The lowest BCUT2D eigenvalue weighted by Gasteiger charge is -2.11. The maximum atomic E-state index is 12.4. The normalized spacial score (nSPS) is 11.8. The molecule has 0 radical (unpaired) electrons. The third-order valence-electron chi connectivity index (χ3n) is 5.33. The van der Waals surface area contributed by atoms with Gasteiger partial charge in [0.25, 0.3) is 11.7 Å². The number of aliphatic hydroxyl groups excluding tert-OH is 1. The van der Waals surface area contributed by atoms with Gasteiger partial charge in [-0.3, -0.25) is 4.79 Å². The second-order valence-electron chi connectivity index (χ2n) is 8.89. The van der Waals surface area contributed by atoms with Gasteiger partial charge in [-0.15, -0.1) is 0 Å². The molecule has 0 atom stereocenters. The Hall–Kier alpha value is -3.52. The van der Waals surface area contributed by atoms with Crippen molar-refractivity contribution in [1.82, 2.24) is 25.1 Å². The molecule has 0 bridgehead atoms. The van der Waals surface area contributed by atoms with Crippen LogP contribution in [0.15, 0.2) is 47.2 Å². The number of aryl methyl sites for hydroxylation is 1. The predicted molar refractivity (Wildman–Crippen MR) is 120 cm³/mol. The smallest absolute Gasteiger partial charge is 0.292 e. The van der Waals surface area contributed by atoms with E-state index in [-0.39, 0.29) is 23.8 Å². The van der Waals surface area contributed by atoms with Gasteiger partial charge in [-0.2, -0.15) is 10.1 Å². The van der Waals surface area contributed by atoms with Crippen molar-refractivity contribution in [3.05, 3.63) is 71.1 Å². The molecule has 3 aromatic heterocycles. The SMILES string of the molecule is Cc1cc(-c2ccnn3cc(CCO)cc23)ccc1CNC(=O)c1noc(C(C)(C)C)n1. The number of hydrogen-bond donors (Lipinski definition) is 2. The van der Waals surface area contributed by atoms with Gasteiger partial charge in [0, 0.05) is 36.5 Å². The second kappa shape index (κ2) is 8.55. The molecule has 1 aromatic carbocycles. The number of carbonyl (C=O) groups excluding carboxylic acids is 1. The van der Waals surface area contributed by atoms with Crippen LogP contribution in [0.4, 0.5) is 0 Å². The van der Waals surface area contributed by atoms with Crippen LogP contribution in [0, 0.1) is 6.92 Å². The minimum absolute atomic E-state index is 0.0373. The molecule has 4 aromatic rings. The highest BCUT2D eigenvalue weighted by molar-refractivity contribution is 5.90. The number of nitrogens with zero attached hydrogens (tertiary/aromatic N) is 4. The summed E-state index contributed by atoms with van der Waals surface area (Å²) < 4.78 is 7.03. The molecule has 8 heteroatoms. The van der Waals surface area contributed by atoms with Gasteiger partial charge in [0.05, 0.1) is 5.52 Å². The van der Waals surface area contributed by atoms with Gasteiger partial charge in [-0.1, -0.05) is 44.1 Å². The third-order valence-corrected chi connectivity index (χ3v) is 5.33. The summed E-state index contributed by atoms with van der Waals surface area (Å²) in [6, 6.07) is 10.2. The number of aliphatic hydroxyl groups is 1. The fourth-order valence-electron chi connectivity index (χ4n) is 3.51. The number of hydrogen-bond acceptors (Lipinski definition) is 6. The highest BCUT2D eigenvalue weighted by Gasteiger charge is 2.24. The first-order valence-electron chi connectivity index (χ1n) is 10.6. The molecule has 2 N–H and O–H groups in total. The lowest BCUT2D eigenvalue weighted by Crippen LogP contribution is -2.24. The topological polar surface area (TPSA) is 106 Å². The van der Waals surface area contributed by atoms with E-state index < -0.39 is 0 Å². The van der Waals surface area contributed by atoms with Crippen LogP contribution in [0.25, 0.3) is 16.6 Å². The number of carbonyl (C=O) groups is 1. The molecule has 32 heavy (non-hydrogen) atoms. The molecule has 0 aliphatic heterocycles. The number of rotatable bonds is 6. The molecule has 3 heterocycles. The Bertz CT molecular complexity index is 1270. The van der Waals surface area contributed by atoms with E-state index in [9.17, 15) is 9.90 Å². The van der Waals surface area contributed by atoms with Crippen molar-refractivity contribution in [1.29, 1.82) is 0 Å². The minimum atomic E-state index is -0.367. The Morgan fingerprint density at radius 2 is 2.03 bits per heavy atom. The Balaban J connectivity index is 1.51. The summed E-state index contributed by atoms with van der Waals surface area (Å²) >= 11 is 0. The van der Waals surface area contributed by atoms with Crippen LogP contribution >= 0.6 is 0 Å². The maximum Gasteiger partial charge on any atom is 0.292 e. The zero-order valence-electron chi connectivity index (χ0n) is 18.7. The molecular weight excluding hydrogens is 406 g/mol. The van der Waals surface area contributed by atoms with Crippen molar-refractivity contribution in [3.63, 3.8) is 0 Å². The molecular formula is C24H27N5O3. The molecule has 0 fully saturated rings. The summed E-state index contributed by atoms with van der Waals surface area (Å²) in [6.07, 6.45) is 4.30. The average Bonchev–Trinajstić information content (AvgIpc) is 3.39. The van der Waals surface area contributed by atoms with Crippen molar-refractivity contribution in [2.24, 2.45) is 0 Å². The molecule has 0 aliphatic carbocycles. The van der Waals surface area contributed by atoms with Gasteiger partial charge in [-0.05, 0) is 47.7 Å². The molecule has 0 saturated heterocycles. The van der Waals surface area contributed by atoms with Crippen molar-refractivity contribution in [2.75, 3.05) is 6.61 Å². The summed E-state index contributed by atoms with van der Waals surface area (Å²) in [5, 5.41) is 20.3. The molecule has 1 amide bonds. The molecule has 4 rings (SSSR count). The minimum Gasteiger partial charge on any atom is -0.396 e. The standard InChI is InChI=1S/C24H27N5O3/c1-15-11-17(19-7-9-26-29-14-16(8-10-30)12-20(19)29)5-6-18(15)13-25-22(31)21-27-23(32-28-21)24(2,3)4/h5-7,9,11-12,14,30H,8,10,13H2,1-4H3,(H,25,31). The van der Waals surface area contributed by atoms with Crippen LogP contribution in [0.1, 0.15) is 54.0 Å². The van der Waals surface area contributed by atoms with Crippen LogP contribution in [-0.4, -0.2) is 37.4 Å². The van der Waals surface area contributed by atoms with Gasteiger partial charge in [-0.25, -0.2) is 4.52 Å². The van der Waals surface area contributed by atoms with E-state index in [1.807, 2.05) is 56.6 Å². The lowest BCUT2D eigenvalue weighted by atomic mass is 9.97. The van der Waals surface area contributed by atoms with Gasteiger partial charge < -0.3 is 14.9 Å². The lowest BCUT2D eigenvalue weighted by molar-refractivity contribution is 0.0937. The molecule has 0 unspecified atom stereocenters. The van der Waals surface area contributed by atoms with E-state index in [1.165, 1.54) is 0 Å². The fourth-order valence-corrected chi connectivity index (χ4v) is 3.51. The molecule has 0 aliphatic rings. The maximum absolute atomic E-state index is 12.4. The second-order valence-corrected chi connectivity index (χ2v) is 8.89. The van der Waals surface area contributed by atoms with E-state index >= 15 is 0 Å². The zero-order valence-corrected chi connectivity index (χ0v) is 18.7. The van der Waals surface area contributed by atoms with Gasteiger partial charge in [0.15, 0.2) is 0 Å². The summed E-state index contributed by atoms with van der Waals surface area (Å²) in [6.45, 7) is 8.33. The number of aromatic nitrogens is 4. The molecule has 166 valence electrons. The summed E-state index contributed by atoms with van der Waals surface area (Å²) in [5.41, 5.74) is 5.90. The van der Waals surface area contributed by atoms with Crippen LogP contribution in [0.5, 0.6) is 0 Å². The number of fused-ring (bicyclic) bond motifs is 1. The number of amides is 1. The quantitative estimate of drug-likeness (QED) is 0.482. The highest BCUT2D eigenvalue weighted by Crippen LogP contribution is 2.27. The largest absolute Gasteiger partial charge is 0.396 e. The predicted octanol–water partition coefficient (Wildman–Crippen LogP) is 3.46. The summed E-state index contributed by atoms with van der Waals surface area (Å²) in [4.78, 5) is 16.6. The third kappa shape index (κ3) is 4.40. The number of benzene rings is 1. The first kappa shape index (κ1) is 21.7. The van der Waals surface area contributed by atoms with Crippen molar-refractivity contribution >= 4 is 11.4 Å². The Kier molecular flexibility index (Phi) is 5.80. The van der Waals surface area contributed by atoms with E-state index in [1.54, 1.807) is 6.20 Å². The Morgan fingerprint density at radius 1 is 1.22 bits per heavy atom. The zero-order chi connectivity index (χ0) is 22.9. The fraction of sp³-hybridized carbons (Fsp3) is 0.333. The van der Waals surface area contributed by atoms with Crippen LogP contribution in [0.3, 0.4) is 0 Å². The average molecular weight is 434 g/mol. The Morgan fingerprint density at radius 3 is 2.72 bits per heavy atom. The van der Waals surface area contributed by atoms with E-state index in [4.69, 9.17) is 4.52 Å². The molecule has 0 spiro atoms. The van der Waals surface area contributed by atoms with Gasteiger partial charge in [0.2, 0.25) is 5.89 Å². The van der Waals surface area contributed by atoms with Crippen LogP contribution in [0.2, 0.25) is 0 Å². The highest BCUT2D eigenvalue weighted by atomic mass is 16.5. The molecule has 8 nitrogen and oxygen atoms in total. The Labute approximate surface area is 186 Å². The van der Waals surface area contributed by atoms with Crippen molar-refractivity contribution < 1.29 is 14.4 Å². The van der Waals surface area contributed by atoms with Crippen molar-refractivity contribution in [2.45, 2.75) is 46.1 Å². The summed E-state index contributed by atoms with van der Waals surface area (Å²) in [5.74, 6) is 0.0998. The monoisotopic (exact) mass is 433 g/mol. The van der Waals surface area contributed by atoms with E-state index in [0.717, 1.165) is 33.3 Å².